The molecule has 1 saturated carbocycles. The largest absolute Gasteiger partial charge is 0.493 e. The van der Waals surface area contributed by atoms with Gasteiger partial charge in [0, 0.05) is 35.6 Å². The molecule has 0 radical (unpaired) electrons. The maximum absolute atomic E-state index is 15.1. The van der Waals surface area contributed by atoms with Gasteiger partial charge in [0.1, 0.15) is 5.75 Å². The number of hydrogen-bond acceptors (Lipinski definition) is 7. The zero-order valence-corrected chi connectivity index (χ0v) is 21.8. The number of aromatic nitrogens is 2. The number of anilines is 2. The molecule has 200 valence electrons. The van der Waals surface area contributed by atoms with Gasteiger partial charge in [-0.2, -0.15) is 0 Å². The first-order chi connectivity index (χ1) is 18.7. The van der Waals surface area contributed by atoms with E-state index in [0.29, 0.717) is 33.8 Å². The Balaban J connectivity index is 1.29. The van der Waals surface area contributed by atoms with Crippen LogP contribution in [0, 0.1) is 23.1 Å². The van der Waals surface area contributed by atoms with E-state index in [0.717, 1.165) is 0 Å². The number of pyridine rings is 2. The van der Waals surface area contributed by atoms with Crippen LogP contribution in [-0.4, -0.2) is 36.0 Å². The number of methoxy groups -OCH3 is 2. The summed E-state index contributed by atoms with van der Waals surface area (Å²) in [5.74, 6) is -1.05. The van der Waals surface area contributed by atoms with Gasteiger partial charge in [-0.25, -0.2) is 4.39 Å². The molecule has 1 aliphatic rings. The number of fused-ring (bicyclic) bond motifs is 1. The number of ether oxygens (including phenoxy) is 3. The molecule has 5 rings (SSSR count). The molecule has 0 bridgehead atoms. The highest BCUT2D eigenvalue weighted by molar-refractivity contribution is 6.04. The van der Waals surface area contributed by atoms with Crippen LogP contribution in [0.1, 0.15) is 13.8 Å². The summed E-state index contributed by atoms with van der Waals surface area (Å²) in [4.78, 5) is 34.1. The second kappa shape index (κ2) is 10.2. The molecule has 10 heteroatoms. The van der Waals surface area contributed by atoms with Crippen LogP contribution in [0.2, 0.25) is 0 Å². The van der Waals surface area contributed by atoms with E-state index >= 15 is 4.39 Å². The first-order valence-electron chi connectivity index (χ1n) is 12.2. The molecule has 9 nitrogen and oxygen atoms in total. The molecule has 0 aliphatic heterocycles. The number of carbonyl (C=O) groups is 2. The summed E-state index contributed by atoms with van der Waals surface area (Å²) in [7, 11) is 3.05. The minimum Gasteiger partial charge on any atom is -0.493 e. The van der Waals surface area contributed by atoms with E-state index in [1.165, 1.54) is 32.5 Å². The molecule has 1 aliphatic carbocycles. The summed E-state index contributed by atoms with van der Waals surface area (Å²) in [5, 5.41) is 6.14. The SMILES string of the molecule is COc1cc2nccc(Oc3ccc(NC(=O)[C@@H]4[C@H](C(=O)Nc5cccnc5)C4(C)C)cc3F)c2cc1OC. The predicted molar refractivity (Wildman–Crippen MR) is 144 cm³/mol. The van der Waals surface area contributed by atoms with Crippen molar-refractivity contribution in [3.63, 3.8) is 0 Å². The summed E-state index contributed by atoms with van der Waals surface area (Å²) >= 11 is 0. The average molecular weight is 531 g/mol. The van der Waals surface area contributed by atoms with E-state index in [2.05, 4.69) is 20.6 Å². The molecule has 4 aromatic rings. The van der Waals surface area contributed by atoms with E-state index < -0.39 is 23.1 Å². The fraction of sp³-hybridized carbons (Fsp3) is 0.241. The van der Waals surface area contributed by atoms with Crippen molar-refractivity contribution in [2.45, 2.75) is 13.8 Å². The molecule has 0 unspecified atom stereocenters. The third kappa shape index (κ3) is 5.05. The van der Waals surface area contributed by atoms with E-state index in [9.17, 15) is 9.59 Å². The normalized spacial score (nSPS) is 17.3. The lowest BCUT2D eigenvalue weighted by molar-refractivity contribution is -0.122. The second-order valence-corrected chi connectivity index (χ2v) is 9.78. The van der Waals surface area contributed by atoms with Crippen molar-refractivity contribution in [2.75, 3.05) is 24.9 Å². The minimum atomic E-state index is -0.667. The van der Waals surface area contributed by atoms with Crippen molar-refractivity contribution >= 4 is 34.1 Å². The first-order valence-corrected chi connectivity index (χ1v) is 12.2. The van der Waals surface area contributed by atoms with Crippen LogP contribution >= 0.6 is 0 Å². The molecular formula is C29H27FN4O5. The predicted octanol–water partition coefficient (Wildman–Crippen LogP) is 5.43. The number of carbonyl (C=O) groups excluding carboxylic acids is 2. The highest BCUT2D eigenvalue weighted by Crippen LogP contribution is 2.59. The quantitative estimate of drug-likeness (QED) is 0.313. The maximum atomic E-state index is 15.1. The molecule has 2 aromatic heterocycles. The fourth-order valence-electron chi connectivity index (χ4n) is 4.81. The molecule has 39 heavy (non-hydrogen) atoms. The smallest absolute Gasteiger partial charge is 0.228 e. The number of benzene rings is 2. The van der Waals surface area contributed by atoms with Crippen molar-refractivity contribution in [1.82, 2.24) is 9.97 Å². The Morgan fingerprint density at radius 3 is 2.18 bits per heavy atom. The summed E-state index contributed by atoms with van der Waals surface area (Å²) in [6, 6.07) is 12.6. The number of halogens is 1. The standard InChI is InChI=1S/C29H27FN4O5/c1-29(2)25(26(29)28(36)34-17-6-5-10-31-15-17)27(35)33-16-7-8-22(19(30)12-16)39-21-9-11-32-20-14-24(38-4)23(37-3)13-18(20)21/h5-15,25-26H,1-4H3,(H,33,35)(H,34,36)/t25-,26+/m0/s1. The Morgan fingerprint density at radius 2 is 1.54 bits per heavy atom. The molecule has 0 spiro atoms. The van der Waals surface area contributed by atoms with Crippen molar-refractivity contribution in [1.29, 1.82) is 0 Å². The highest BCUT2D eigenvalue weighted by Gasteiger charge is 2.65. The van der Waals surface area contributed by atoms with Crippen LogP contribution in [0.5, 0.6) is 23.0 Å². The van der Waals surface area contributed by atoms with Gasteiger partial charge in [-0.1, -0.05) is 13.8 Å². The van der Waals surface area contributed by atoms with Gasteiger partial charge in [0.05, 0.1) is 43.5 Å². The summed E-state index contributed by atoms with van der Waals surface area (Å²) in [6.45, 7) is 3.71. The molecule has 2 heterocycles. The van der Waals surface area contributed by atoms with E-state index in [-0.39, 0.29) is 23.3 Å². The average Bonchev–Trinajstić information content (AvgIpc) is 3.52. The number of rotatable bonds is 8. The third-order valence-electron chi connectivity index (χ3n) is 6.95. The van der Waals surface area contributed by atoms with Gasteiger partial charge in [-0.3, -0.25) is 19.6 Å². The maximum Gasteiger partial charge on any atom is 0.228 e. The van der Waals surface area contributed by atoms with Crippen molar-refractivity contribution in [3.05, 3.63) is 72.9 Å². The summed E-state index contributed by atoms with van der Waals surface area (Å²) < 4.78 is 31.6. The fourth-order valence-corrected chi connectivity index (χ4v) is 4.81. The summed E-state index contributed by atoms with van der Waals surface area (Å²) in [5.41, 5.74) is 0.847. The van der Waals surface area contributed by atoms with Crippen molar-refractivity contribution < 1.29 is 28.2 Å². The Labute approximate surface area is 224 Å². The topological polar surface area (TPSA) is 112 Å². The van der Waals surface area contributed by atoms with E-state index in [1.54, 1.807) is 48.8 Å². The molecule has 2 amide bonds. The van der Waals surface area contributed by atoms with Gasteiger partial charge >= 0.3 is 0 Å². The van der Waals surface area contributed by atoms with Crippen molar-refractivity contribution in [2.24, 2.45) is 17.3 Å². The van der Waals surface area contributed by atoms with E-state index in [1.807, 2.05) is 13.8 Å². The Morgan fingerprint density at radius 1 is 0.846 bits per heavy atom. The van der Waals surface area contributed by atoms with Crippen LogP contribution in [0.4, 0.5) is 15.8 Å². The molecule has 2 aromatic carbocycles. The second-order valence-electron chi connectivity index (χ2n) is 9.78. The van der Waals surface area contributed by atoms with Crippen LogP contribution in [0.15, 0.2) is 67.1 Å². The lowest BCUT2D eigenvalue weighted by atomic mass is 10.1. The van der Waals surface area contributed by atoms with Crippen LogP contribution in [-0.2, 0) is 9.59 Å². The van der Waals surface area contributed by atoms with Crippen LogP contribution < -0.4 is 24.8 Å². The summed E-state index contributed by atoms with van der Waals surface area (Å²) in [6.07, 6.45) is 4.70. The van der Waals surface area contributed by atoms with Crippen LogP contribution in [0.25, 0.3) is 10.9 Å². The van der Waals surface area contributed by atoms with Gasteiger partial charge in [0.25, 0.3) is 0 Å². The van der Waals surface area contributed by atoms with Crippen molar-refractivity contribution in [3.8, 4) is 23.0 Å². The van der Waals surface area contributed by atoms with Gasteiger partial charge in [-0.05, 0) is 41.8 Å². The highest BCUT2D eigenvalue weighted by atomic mass is 19.1. The van der Waals surface area contributed by atoms with Crippen LogP contribution in [0.3, 0.4) is 0 Å². The third-order valence-corrected chi connectivity index (χ3v) is 6.95. The molecular weight excluding hydrogens is 503 g/mol. The molecule has 0 saturated heterocycles. The Kier molecular flexibility index (Phi) is 6.78. The number of amides is 2. The van der Waals surface area contributed by atoms with E-state index in [4.69, 9.17) is 14.2 Å². The number of nitrogens with one attached hydrogen (secondary N) is 2. The Bertz CT molecular complexity index is 1560. The lowest BCUT2D eigenvalue weighted by Crippen LogP contribution is -2.20. The van der Waals surface area contributed by atoms with Gasteiger partial charge in [0.2, 0.25) is 11.8 Å². The van der Waals surface area contributed by atoms with Gasteiger partial charge in [-0.15, -0.1) is 0 Å². The lowest BCUT2D eigenvalue weighted by Gasteiger charge is -2.13. The number of hydrogen-bond donors (Lipinski definition) is 2. The molecule has 2 atom stereocenters. The molecule has 2 N–H and O–H groups in total. The minimum absolute atomic E-state index is 0.0317. The zero-order chi connectivity index (χ0) is 27.7. The monoisotopic (exact) mass is 530 g/mol. The molecule has 1 fully saturated rings. The van der Waals surface area contributed by atoms with Gasteiger partial charge < -0.3 is 24.8 Å². The Hall–Kier alpha value is -4.73. The first kappa shape index (κ1) is 25.9. The number of nitrogens with zero attached hydrogens (tertiary/aromatic N) is 2. The zero-order valence-electron chi connectivity index (χ0n) is 21.8. The van der Waals surface area contributed by atoms with Gasteiger partial charge in [0.15, 0.2) is 23.1 Å².